The largest absolute Gasteiger partial charge is 0.493 e. The van der Waals surface area contributed by atoms with Crippen LogP contribution in [0.1, 0.15) is 5.56 Å². The second-order valence-electron chi connectivity index (χ2n) is 5.52. The zero-order valence-corrected chi connectivity index (χ0v) is 15.4. The Kier molecular flexibility index (Phi) is 5.11. The predicted molar refractivity (Wildman–Crippen MR) is 102 cm³/mol. The number of hydrogen-bond donors (Lipinski definition) is 1. The highest BCUT2D eigenvalue weighted by Crippen LogP contribution is 2.27. The minimum atomic E-state index is -0.151. The van der Waals surface area contributed by atoms with Crippen molar-refractivity contribution in [1.82, 2.24) is 9.55 Å². The third-order valence-corrected chi connectivity index (χ3v) is 4.57. The number of methoxy groups -OCH3 is 2. The molecule has 1 heterocycles. The maximum absolute atomic E-state index is 12.7. The van der Waals surface area contributed by atoms with E-state index in [2.05, 4.69) is 4.98 Å². The molecule has 0 bridgehead atoms. The Hall–Kier alpha value is -2.31. The standard InChI is InChI=1S/C18H17ClN2O3S/c1-23-15-6-3-11(9-16(15)24-2)7-8-21-17(22)13-10-12(19)4-5-14(13)20-18(21)25/h3-6,9-10H,7-8H2,1-2H3,(H,20,25). The Morgan fingerprint density at radius 3 is 2.60 bits per heavy atom. The zero-order chi connectivity index (χ0) is 18.0. The Labute approximate surface area is 154 Å². The molecular formula is C18H17ClN2O3S. The fraction of sp³-hybridized carbons (Fsp3) is 0.222. The molecule has 7 heteroatoms. The van der Waals surface area contributed by atoms with Gasteiger partial charge in [0.2, 0.25) is 0 Å². The van der Waals surface area contributed by atoms with Crippen molar-refractivity contribution in [2.45, 2.75) is 13.0 Å². The van der Waals surface area contributed by atoms with Crippen LogP contribution in [0.15, 0.2) is 41.2 Å². The lowest BCUT2D eigenvalue weighted by molar-refractivity contribution is 0.354. The second kappa shape index (κ2) is 7.29. The Morgan fingerprint density at radius 1 is 1.12 bits per heavy atom. The molecule has 5 nitrogen and oxygen atoms in total. The lowest BCUT2D eigenvalue weighted by atomic mass is 10.1. The van der Waals surface area contributed by atoms with E-state index in [1.165, 1.54) is 0 Å². The molecule has 0 spiro atoms. The van der Waals surface area contributed by atoms with Gasteiger partial charge in [-0.2, -0.15) is 0 Å². The number of aromatic nitrogens is 2. The highest BCUT2D eigenvalue weighted by atomic mass is 35.5. The van der Waals surface area contributed by atoms with Crippen molar-refractivity contribution in [3.05, 3.63) is 62.1 Å². The van der Waals surface area contributed by atoms with Crippen molar-refractivity contribution >= 4 is 34.7 Å². The van der Waals surface area contributed by atoms with Gasteiger partial charge in [-0.25, -0.2) is 0 Å². The van der Waals surface area contributed by atoms with Crippen LogP contribution in [0.4, 0.5) is 0 Å². The lowest BCUT2D eigenvalue weighted by Gasteiger charge is -2.11. The number of H-pyrrole nitrogens is 1. The first-order valence-electron chi connectivity index (χ1n) is 7.67. The highest BCUT2D eigenvalue weighted by molar-refractivity contribution is 7.71. The molecule has 0 saturated carbocycles. The molecule has 130 valence electrons. The van der Waals surface area contributed by atoms with E-state index in [9.17, 15) is 4.79 Å². The van der Waals surface area contributed by atoms with Gasteiger partial charge in [0.05, 0.1) is 25.1 Å². The molecular weight excluding hydrogens is 360 g/mol. The van der Waals surface area contributed by atoms with Gasteiger partial charge in [0.15, 0.2) is 16.3 Å². The molecule has 1 N–H and O–H groups in total. The summed E-state index contributed by atoms with van der Waals surface area (Å²) in [6.07, 6.45) is 0.629. The molecule has 0 saturated heterocycles. The van der Waals surface area contributed by atoms with Gasteiger partial charge in [0.1, 0.15) is 0 Å². The Balaban J connectivity index is 1.94. The van der Waals surface area contributed by atoms with Crippen LogP contribution in [-0.4, -0.2) is 23.8 Å². The molecule has 0 atom stereocenters. The monoisotopic (exact) mass is 376 g/mol. The average molecular weight is 377 g/mol. The van der Waals surface area contributed by atoms with Gasteiger partial charge < -0.3 is 14.5 Å². The summed E-state index contributed by atoms with van der Waals surface area (Å²) in [6, 6.07) is 10.8. The van der Waals surface area contributed by atoms with E-state index in [0.29, 0.717) is 45.2 Å². The summed E-state index contributed by atoms with van der Waals surface area (Å²) in [5, 5.41) is 1.04. The van der Waals surface area contributed by atoms with E-state index in [-0.39, 0.29) is 5.56 Å². The first-order chi connectivity index (χ1) is 12.0. The molecule has 0 aliphatic heterocycles. The number of aromatic amines is 1. The van der Waals surface area contributed by atoms with E-state index < -0.39 is 0 Å². The summed E-state index contributed by atoms with van der Waals surface area (Å²) in [4.78, 5) is 15.8. The molecule has 0 fully saturated rings. The quantitative estimate of drug-likeness (QED) is 0.684. The SMILES string of the molecule is COc1ccc(CCn2c(=S)[nH]c3ccc(Cl)cc3c2=O)cc1OC. The molecule has 0 aliphatic rings. The van der Waals surface area contributed by atoms with Crippen LogP contribution in [0.3, 0.4) is 0 Å². The lowest BCUT2D eigenvalue weighted by Crippen LogP contribution is -2.23. The molecule has 3 rings (SSSR count). The summed E-state index contributed by atoms with van der Waals surface area (Å²) in [6.45, 7) is 0.450. The smallest absolute Gasteiger partial charge is 0.262 e. The number of hydrogen-bond acceptors (Lipinski definition) is 4. The van der Waals surface area contributed by atoms with Gasteiger partial charge in [0, 0.05) is 11.6 Å². The van der Waals surface area contributed by atoms with Gasteiger partial charge >= 0.3 is 0 Å². The maximum atomic E-state index is 12.7. The van der Waals surface area contributed by atoms with E-state index >= 15 is 0 Å². The van der Waals surface area contributed by atoms with E-state index in [1.807, 2.05) is 18.2 Å². The number of nitrogens with one attached hydrogen (secondary N) is 1. The van der Waals surface area contributed by atoms with Crippen LogP contribution in [0.25, 0.3) is 10.9 Å². The Morgan fingerprint density at radius 2 is 1.88 bits per heavy atom. The van der Waals surface area contributed by atoms with E-state index in [4.69, 9.17) is 33.3 Å². The molecule has 3 aromatic rings. The molecule has 25 heavy (non-hydrogen) atoms. The third kappa shape index (κ3) is 3.55. The normalized spacial score (nSPS) is 10.8. The third-order valence-electron chi connectivity index (χ3n) is 4.02. The van der Waals surface area contributed by atoms with Gasteiger partial charge in [-0.15, -0.1) is 0 Å². The molecule has 0 unspecified atom stereocenters. The minimum absolute atomic E-state index is 0.151. The molecule has 0 amide bonds. The number of ether oxygens (including phenoxy) is 2. The van der Waals surface area contributed by atoms with Crippen LogP contribution in [-0.2, 0) is 13.0 Å². The van der Waals surface area contributed by atoms with Gasteiger partial charge in [-0.1, -0.05) is 17.7 Å². The van der Waals surface area contributed by atoms with Gasteiger partial charge in [0.25, 0.3) is 5.56 Å². The van der Waals surface area contributed by atoms with E-state index in [1.54, 1.807) is 37.0 Å². The fourth-order valence-electron chi connectivity index (χ4n) is 2.70. The van der Waals surface area contributed by atoms with Crippen LogP contribution in [0, 0.1) is 4.77 Å². The zero-order valence-electron chi connectivity index (χ0n) is 13.8. The van der Waals surface area contributed by atoms with Crippen molar-refractivity contribution in [3.8, 4) is 11.5 Å². The number of aryl methyl sites for hydroxylation is 1. The molecule has 0 radical (unpaired) electrons. The van der Waals surface area contributed by atoms with Crippen molar-refractivity contribution < 1.29 is 9.47 Å². The van der Waals surface area contributed by atoms with Crippen LogP contribution >= 0.6 is 23.8 Å². The molecule has 1 aromatic heterocycles. The Bertz CT molecular complexity index is 1040. The highest BCUT2D eigenvalue weighted by Gasteiger charge is 2.08. The van der Waals surface area contributed by atoms with E-state index in [0.717, 1.165) is 5.56 Å². The number of benzene rings is 2. The summed E-state index contributed by atoms with van der Waals surface area (Å²) in [5.41, 5.74) is 1.55. The number of fused-ring (bicyclic) bond motifs is 1. The molecule has 2 aromatic carbocycles. The second-order valence-corrected chi connectivity index (χ2v) is 6.34. The van der Waals surface area contributed by atoms with Crippen LogP contribution < -0.4 is 15.0 Å². The van der Waals surface area contributed by atoms with Crippen LogP contribution in [0.5, 0.6) is 11.5 Å². The van der Waals surface area contributed by atoms with Gasteiger partial charge in [-0.05, 0) is 54.5 Å². The topological polar surface area (TPSA) is 56.2 Å². The molecule has 0 aliphatic carbocycles. The van der Waals surface area contributed by atoms with Gasteiger partial charge in [-0.3, -0.25) is 9.36 Å². The summed E-state index contributed by atoms with van der Waals surface area (Å²) >= 11 is 11.3. The van der Waals surface area contributed by atoms with Crippen LogP contribution in [0.2, 0.25) is 5.02 Å². The summed E-state index contributed by atoms with van der Waals surface area (Å²) in [5.74, 6) is 1.32. The minimum Gasteiger partial charge on any atom is -0.493 e. The average Bonchev–Trinajstić information content (AvgIpc) is 2.62. The first kappa shape index (κ1) is 17.5. The summed E-state index contributed by atoms with van der Waals surface area (Å²) < 4.78 is 12.5. The number of halogens is 1. The van der Waals surface area contributed by atoms with Crippen molar-refractivity contribution in [2.24, 2.45) is 0 Å². The first-order valence-corrected chi connectivity index (χ1v) is 8.45. The predicted octanol–water partition coefficient (Wildman–Crippen LogP) is 3.97. The number of nitrogens with zero attached hydrogens (tertiary/aromatic N) is 1. The number of rotatable bonds is 5. The fourth-order valence-corrected chi connectivity index (χ4v) is 3.16. The van der Waals surface area contributed by atoms with Crippen molar-refractivity contribution in [2.75, 3.05) is 14.2 Å². The van der Waals surface area contributed by atoms with Crippen molar-refractivity contribution in [1.29, 1.82) is 0 Å². The van der Waals surface area contributed by atoms with Crippen molar-refractivity contribution in [3.63, 3.8) is 0 Å². The maximum Gasteiger partial charge on any atom is 0.262 e. The summed E-state index contributed by atoms with van der Waals surface area (Å²) in [7, 11) is 3.19.